The summed E-state index contributed by atoms with van der Waals surface area (Å²) in [4.78, 5) is 4.94. The molecule has 0 atom stereocenters. The highest BCUT2D eigenvalue weighted by atomic mass is 15.1. The van der Waals surface area contributed by atoms with E-state index in [1.165, 1.54) is 11.4 Å². The van der Waals surface area contributed by atoms with Crippen LogP contribution in [0.3, 0.4) is 0 Å². The predicted molar refractivity (Wildman–Crippen MR) is 91.9 cm³/mol. The van der Waals surface area contributed by atoms with Gasteiger partial charge in [-0.25, -0.2) is 0 Å². The Morgan fingerprint density at radius 2 is 1.20 bits per heavy atom. The molecular weight excluding hydrogens is 244 g/mol. The summed E-state index contributed by atoms with van der Waals surface area (Å²) in [5.74, 6) is 1.38. The fourth-order valence-electron chi connectivity index (χ4n) is 2.60. The molecule has 0 heterocycles. The zero-order valence-electron chi connectivity index (χ0n) is 14.2. The molecule has 0 amide bonds. The van der Waals surface area contributed by atoms with Crippen molar-refractivity contribution in [3.63, 3.8) is 0 Å². The predicted octanol–water partition coefficient (Wildman–Crippen LogP) is 4.65. The van der Waals surface area contributed by atoms with Gasteiger partial charge in [0.1, 0.15) is 0 Å². The summed E-state index contributed by atoms with van der Waals surface area (Å²) in [6, 6.07) is 9.01. The average molecular weight is 276 g/mol. The van der Waals surface area contributed by atoms with E-state index in [-0.39, 0.29) is 0 Å². The Kier molecular flexibility index (Phi) is 6.90. The molecule has 1 rings (SSSR count). The number of benzene rings is 1. The van der Waals surface area contributed by atoms with Gasteiger partial charge < -0.3 is 9.80 Å². The zero-order chi connectivity index (χ0) is 15.1. The van der Waals surface area contributed by atoms with Crippen LogP contribution in [0.15, 0.2) is 24.3 Å². The summed E-state index contributed by atoms with van der Waals surface area (Å²) in [7, 11) is 0. The van der Waals surface area contributed by atoms with E-state index in [1.807, 2.05) is 0 Å². The maximum atomic E-state index is 2.47. The summed E-state index contributed by atoms with van der Waals surface area (Å²) in [6.45, 7) is 18.0. The first-order valence-electron chi connectivity index (χ1n) is 8.07. The van der Waals surface area contributed by atoms with Gasteiger partial charge in [0.25, 0.3) is 0 Å². The van der Waals surface area contributed by atoms with Gasteiger partial charge in [-0.3, -0.25) is 0 Å². The number of rotatable bonds is 8. The molecule has 0 unspecified atom stereocenters. The first-order valence-corrected chi connectivity index (χ1v) is 8.07. The number of anilines is 2. The molecule has 0 bridgehead atoms. The lowest BCUT2D eigenvalue weighted by Crippen LogP contribution is -2.29. The van der Waals surface area contributed by atoms with Crippen LogP contribution in [-0.2, 0) is 0 Å². The van der Waals surface area contributed by atoms with Crippen molar-refractivity contribution in [3.8, 4) is 0 Å². The van der Waals surface area contributed by atoms with Crippen LogP contribution in [-0.4, -0.2) is 26.2 Å². The van der Waals surface area contributed by atoms with Gasteiger partial charge in [-0.15, -0.1) is 0 Å². The fraction of sp³-hybridized carbons (Fsp3) is 0.667. The SMILES string of the molecule is CCN(CC(C)C)c1cccc(N(CC)CC(C)C)c1. The Labute approximate surface area is 125 Å². The molecule has 0 saturated heterocycles. The molecule has 0 radical (unpaired) electrons. The summed E-state index contributed by atoms with van der Waals surface area (Å²) >= 11 is 0. The fourth-order valence-corrected chi connectivity index (χ4v) is 2.60. The summed E-state index contributed by atoms with van der Waals surface area (Å²) in [6.07, 6.45) is 0. The van der Waals surface area contributed by atoms with E-state index in [0.717, 1.165) is 26.2 Å². The quantitative estimate of drug-likeness (QED) is 0.682. The topological polar surface area (TPSA) is 6.48 Å². The van der Waals surface area contributed by atoms with Crippen LogP contribution < -0.4 is 9.80 Å². The lowest BCUT2D eigenvalue weighted by Gasteiger charge is -2.29. The number of hydrogen-bond donors (Lipinski definition) is 0. The minimum Gasteiger partial charge on any atom is -0.371 e. The third kappa shape index (κ3) is 5.07. The van der Waals surface area contributed by atoms with Crippen molar-refractivity contribution in [1.82, 2.24) is 0 Å². The van der Waals surface area contributed by atoms with Gasteiger partial charge in [-0.2, -0.15) is 0 Å². The molecular formula is C18H32N2. The Hall–Kier alpha value is -1.18. The van der Waals surface area contributed by atoms with Crippen LogP contribution in [0.25, 0.3) is 0 Å². The van der Waals surface area contributed by atoms with Gasteiger partial charge >= 0.3 is 0 Å². The highest BCUT2D eigenvalue weighted by Gasteiger charge is 2.10. The molecule has 0 N–H and O–H groups in total. The Morgan fingerprint density at radius 3 is 1.50 bits per heavy atom. The summed E-state index contributed by atoms with van der Waals surface area (Å²) in [5, 5.41) is 0. The largest absolute Gasteiger partial charge is 0.371 e. The average Bonchev–Trinajstić information content (AvgIpc) is 2.41. The van der Waals surface area contributed by atoms with Crippen molar-refractivity contribution in [3.05, 3.63) is 24.3 Å². The van der Waals surface area contributed by atoms with Crippen molar-refractivity contribution < 1.29 is 0 Å². The summed E-state index contributed by atoms with van der Waals surface area (Å²) in [5.41, 5.74) is 2.70. The van der Waals surface area contributed by atoms with E-state index < -0.39 is 0 Å². The molecule has 2 nitrogen and oxygen atoms in total. The van der Waals surface area contributed by atoms with Gasteiger partial charge in [-0.1, -0.05) is 33.8 Å². The van der Waals surface area contributed by atoms with Crippen LogP contribution in [0.2, 0.25) is 0 Å². The van der Waals surface area contributed by atoms with Crippen molar-refractivity contribution in [1.29, 1.82) is 0 Å². The molecule has 0 spiro atoms. The van der Waals surface area contributed by atoms with E-state index in [9.17, 15) is 0 Å². The van der Waals surface area contributed by atoms with Crippen LogP contribution in [0, 0.1) is 11.8 Å². The van der Waals surface area contributed by atoms with Gasteiger partial charge in [0.05, 0.1) is 0 Å². The Bertz CT molecular complexity index is 352. The lowest BCUT2D eigenvalue weighted by atomic mass is 10.1. The molecule has 114 valence electrons. The molecule has 0 aromatic heterocycles. The minimum atomic E-state index is 0.691. The van der Waals surface area contributed by atoms with Crippen molar-refractivity contribution in [2.75, 3.05) is 36.0 Å². The van der Waals surface area contributed by atoms with Crippen LogP contribution >= 0.6 is 0 Å². The van der Waals surface area contributed by atoms with Crippen molar-refractivity contribution in [2.24, 2.45) is 11.8 Å². The standard InChI is InChI=1S/C18H32N2/c1-7-19(13-15(3)4)17-10-9-11-18(12-17)20(8-2)14-16(5)6/h9-12,15-16H,7-8,13-14H2,1-6H3. The molecule has 0 aliphatic heterocycles. The number of hydrogen-bond acceptors (Lipinski definition) is 2. The molecule has 0 saturated carbocycles. The lowest BCUT2D eigenvalue weighted by molar-refractivity contribution is 0.614. The van der Waals surface area contributed by atoms with E-state index in [0.29, 0.717) is 11.8 Å². The van der Waals surface area contributed by atoms with E-state index in [2.05, 4.69) is 75.6 Å². The first-order chi connectivity index (χ1) is 9.47. The third-order valence-electron chi connectivity index (χ3n) is 3.49. The van der Waals surface area contributed by atoms with Gasteiger partial charge in [0, 0.05) is 37.6 Å². The highest BCUT2D eigenvalue weighted by Crippen LogP contribution is 2.24. The second-order valence-corrected chi connectivity index (χ2v) is 6.38. The van der Waals surface area contributed by atoms with Crippen LogP contribution in [0.1, 0.15) is 41.5 Å². The van der Waals surface area contributed by atoms with Crippen molar-refractivity contribution >= 4 is 11.4 Å². The molecule has 2 heteroatoms. The summed E-state index contributed by atoms with van der Waals surface area (Å²) < 4.78 is 0. The first kappa shape index (κ1) is 16.9. The second kappa shape index (κ2) is 8.18. The van der Waals surface area contributed by atoms with E-state index in [4.69, 9.17) is 0 Å². The Balaban J connectivity index is 2.92. The van der Waals surface area contributed by atoms with Crippen LogP contribution in [0.4, 0.5) is 11.4 Å². The third-order valence-corrected chi connectivity index (χ3v) is 3.49. The van der Waals surface area contributed by atoms with Crippen molar-refractivity contribution in [2.45, 2.75) is 41.5 Å². The van der Waals surface area contributed by atoms with Gasteiger partial charge in [0.2, 0.25) is 0 Å². The second-order valence-electron chi connectivity index (χ2n) is 6.38. The number of nitrogens with zero attached hydrogens (tertiary/aromatic N) is 2. The van der Waals surface area contributed by atoms with Gasteiger partial charge in [0.15, 0.2) is 0 Å². The maximum absolute atomic E-state index is 2.47. The smallest absolute Gasteiger partial charge is 0.0386 e. The molecule has 1 aromatic rings. The molecule has 0 aliphatic carbocycles. The van der Waals surface area contributed by atoms with Gasteiger partial charge in [-0.05, 0) is 43.9 Å². The van der Waals surface area contributed by atoms with Crippen LogP contribution in [0.5, 0.6) is 0 Å². The molecule has 1 aromatic carbocycles. The minimum absolute atomic E-state index is 0.691. The Morgan fingerprint density at radius 1 is 0.800 bits per heavy atom. The monoisotopic (exact) mass is 276 g/mol. The van der Waals surface area contributed by atoms with E-state index >= 15 is 0 Å². The highest BCUT2D eigenvalue weighted by molar-refractivity contribution is 5.59. The molecule has 20 heavy (non-hydrogen) atoms. The van der Waals surface area contributed by atoms with E-state index in [1.54, 1.807) is 0 Å². The normalized spacial score (nSPS) is 11.2. The molecule has 0 aliphatic rings. The molecule has 0 fully saturated rings. The zero-order valence-corrected chi connectivity index (χ0v) is 14.2. The maximum Gasteiger partial charge on any atom is 0.0386 e.